The van der Waals surface area contributed by atoms with Gasteiger partial charge in [0, 0.05) is 5.56 Å². The Labute approximate surface area is 117 Å². The maximum atomic E-state index is 11.9. The van der Waals surface area contributed by atoms with Crippen LogP contribution in [0.4, 0.5) is 5.82 Å². The third-order valence-corrected chi connectivity index (χ3v) is 2.87. The summed E-state index contributed by atoms with van der Waals surface area (Å²) in [7, 11) is 0. The fraction of sp³-hybridized carbons (Fsp3) is 0.200. The maximum Gasteiger partial charge on any atom is 0.256 e. The molecule has 0 aliphatic rings. The normalized spacial score (nSPS) is 10.9. The summed E-state index contributed by atoms with van der Waals surface area (Å²) in [5.41, 5.74) is 1.09. The number of benzene rings is 1. The number of hydrogen-bond acceptors (Lipinski definition) is 4. The quantitative estimate of drug-likeness (QED) is 0.799. The number of aromatic amines is 1. The van der Waals surface area contributed by atoms with Crippen molar-refractivity contribution in [2.45, 2.75) is 20.3 Å². The molecule has 0 aliphatic heterocycles. The maximum absolute atomic E-state index is 11.9. The fourth-order valence-electron chi connectivity index (χ4n) is 1.68. The van der Waals surface area contributed by atoms with E-state index in [0.29, 0.717) is 17.2 Å². The third kappa shape index (κ3) is 3.06. The molecule has 0 bridgehead atoms. The molecule has 0 aliphatic carbocycles. The number of aromatic hydroxyl groups is 1. The first-order valence-corrected chi connectivity index (χ1v) is 6.43. The molecule has 5 heteroatoms. The Morgan fingerprint density at radius 3 is 2.70 bits per heavy atom. The van der Waals surface area contributed by atoms with E-state index in [1.807, 2.05) is 13.0 Å². The van der Waals surface area contributed by atoms with Crippen molar-refractivity contribution in [2.75, 3.05) is 5.32 Å². The van der Waals surface area contributed by atoms with E-state index in [1.165, 1.54) is 0 Å². The molecule has 2 rings (SSSR count). The van der Waals surface area contributed by atoms with Crippen LogP contribution in [0.5, 0.6) is 5.75 Å². The monoisotopic (exact) mass is 271 g/mol. The molecular formula is C15H17N3O2. The van der Waals surface area contributed by atoms with Gasteiger partial charge in [-0.2, -0.15) is 0 Å². The van der Waals surface area contributed by atoms with Gasteiger partial charge in [-0.25, -0.2) is 4.98 Å². The van der Waals surface area contributed by atoms with E-state index in [0.717, 1.165) is 12.0 Å². The second-order valence-electron chi connectivity index (χ2n) is 4.39. The lowest BCUT2D eigenvalue weighted by Crippen LogP contribution is -2.15. The van der Waals surface area contributed by atoms with Crippen LogP contribution in [0.1, 0.15) is 18.9 Å². The van der Waals surface area contributed by atoms with E-state index in [-0.39, 0.29) is 11.3 Å². The smallest absolute Gasteiger partial charge is 0.256 e. The highest BCUT2D eigenvalue weighted by atomic mass is 16.3. The standard InChI is InChI=1S/C15H17N3O2/c1-3-4-9-16-13-10(2)15(20)18-14(17-13)11-5-7-12(19)8-6-11/h4-9,19H,3H2,1-2H3,(H2,16,17,18,20)/b9-4+. The Kier molecular flexibility index (Phi) is 4.20. The van der Waals surface area contributed by atoms with Gasteiger partial charge < -0.3 is 15.4 Å². The second kappa shape index (κ2) is 6.06. The summed E-state index contributed by atoms with van der Waals surface area (Å²) in [4.78, 5) is 19.1. The number of nitrogens with one attached hydrogen (secondary N) is 2. The molecule has 0 atom stereocenters. The van der Waals surface area contributed by atoms with E-state index >= 15 is 0 Å². The summed E-state index contributed by atoms with van der Waals surface area (Å²) in [6.45, 7) is 3.74. The lowest BCUT2D eigenvalue weighted by atomic mass is 10.2. The van der Waals surface area contributed by atoms with Gasteiger partial charge in [-0.3, -0.25) is 4.79 Å². The molecule has 0 amide bonds. The van der Waals surface area contributed by atoms with Crippen LogP contribution in [0.15, 0.2) is 41.3 Å². The number of phenolic OH excluding ortho intramolecular Hbond substituents is 1. The predicted molar refractivity (Wildman–Crippen MR) is 79.7 cm³/mol. The Bertz CT molecular complexity index is 673. The number of nitrogens with zero attached hydrogens (tertiary/aromatic N) is 1. The molecule has 0 unspecified atom stereocenters. The minimum atomic E-state index is -0.185. The lowest BCUT2D eigenvalue weighted by molar-refractivity contribution is 0.475. The number of rotatable bonds is 4. The van der Waals surface area contributed by atoms with Crippen molar-refractivity contribution in [3.8, 4) is 17.1 Å². The molecule has 1 heterocycles. The predicted octanol–water partition coefficient (Wildman–Crippen LogP) is 2.79. The first-order valence-electron chi connectivity index (χ1n) is 6.43. The van der Waals surface area contributed by atoms with E-state index in [2.05, 4.69) is 15.3 Å². The van der Waals surface area contributed by atoms with Gasteiger partial charge in [-0.1, -0.05) is 13.0 Å². The van der Waals surface area contributed by atoms with Gasteiger partial charge in [-0.15, -0.1) is 0 Å². The van der Waals surface area contributed by atoms with E-state index in [1.54, 1.807) is 37.4 Å². The van der Waals surface area contributed by atoms with Crippen molar-refractivity contribution in [3.63, 3.8) is 0 Å². The minimum Gasteiger partial charge on any atom is -0.508 e. The Morgan fingerprint density at radius 1 is 1.35 bits per heavy atom. The number of aromatic nitrogens is 2. The van der Waals surface area contributed by atoms with E-state index in [9.17, 15) is 9.90 Å². The van der Waals surface area contributed by atoms with Crippen molar-refractivity contribution < 1.29 is 5.11 Å². The van der Waals surface area contributed by atoms with Crippen LogP contribution in [0.3, 0.4) is 0 Å². The van der Waals surface area contributed by atoms with Gasteiger partial charge in [0.1, 0.15) is 17.4 Å². The molecule has 0 spiro atoms. The molecule has 1 aromatic heterocycles. The van der Waals surface area contributed by atoms with Gasteiger partial charge >= 0.3 is 0 Å². The summed E-state index contributed by atoms with van der Waals surface area (Å²) in [5, 5.41) is 12.3. The number of hydrogen-bond donors (Lipinski definition) is 3. The third-order valence-electron chi connectivity index (χ3n) is 2.87. The molecular weight excluding hydrogens is 254 g/mol. The molecule has 3 N–H and O–H groups in total. The molecule has 0 fully saturated rings. The fourth-order valence-corrected chi connectivity index (χ4v) is 1.68. The van der Waals surface area contributed by atoms with Gasteiger partial charge in [-0.05, 0) is 43.8 Å². The zero-order valence-corrected chi connectivity index (χ0v) is 11.5. The van der Waals surface area contributed by atoms with Crippen molar-refractivity contribution in [3.05, 3.63) is 52.5 Å². The van der Waals surface area contributed by atoms with Crippen LogP contribution >= 0.6 is 0 Å². The first-order chi connectivity index (χ1) is 9.61. The lowest BCUT2D eigenvalue weighted by Gasteiger charge is -2.07. The van der Waals surface area contributed by atoms with Crippen LogP contribution in [0.2, 0.25) is 0 Å². The van der Waals surface area contributed by atoms with E-state index < -0.39 is 0 Å². The molecule has 5 nitrogen and oxygen atoms in total. The van der Waals surface area contributed by atoms with Crippen molar-refractivity contribution in [2.24, 2.45) is 0 Å². The van der Waals surface area contributed by atoms with Crippen LogP contribution in [0.25, 0.3) is 11.4 Å². The number of H-pyrrole nitrogens is 1. The van der Waals surface area contributed by atoms with Gasteiger partial charge in [0.25, 0.3) is 5.56 Å². The number of allylic oxidation sites excluding steroid dienone is 1. The van der Waals surface area contributed by atoms with Gasteiger partial charge in [0.15, 0.2) is 0 Å². The zero-order chi connectivity index (χ0) is 14.5. The first kappa shape index (κ1) is 13.9. The number of anilines is 1. The summed E-state index contributed by atoms with van der Waals surface area (Å²) < 4.78 is 0. The van der Waals surface area contributed by atoms with Crippen LogP contribution in [0, 0.1) is 6.92 Å². The molecule has 0 saturated carbocycles. The summed E-state index contributed by atoms with van der Waals surface area (Å²) in [6.07, 6.45) is 4.62. The van der Waals surface area contributed by atoms with Gasteiger partial charge in [0.2, 0.25) is 0 Å². The molecule has 0 saturated heterocycles. The molecule has 0 radical (unpaired) electrons. The highest BCUT2D eigenvalue weighted by molar-refractivity contribution is 5.59. The number of phenols is 1. The van der Waals surface area contributed by atoms with Gasteiger partial charge in [0.05, 0.1) is 5.56 Å². The van der Waals surface area contributed by atoms with Crippen molar-refractivity contribution >= 4 is 5.82 Å². The van der Waals surface area contributed by atoms with Crippen LogP contribution in [-0.4, -0.2) is 15.1 Å². The highest BCUT2D eigenvalue weighted by Crippen LogP contribution is 2.19. The largest absolute Gasteiger partial charge is 0.508 e. The SMILES string of the molecule is CC/C=C/Nc1nc(-c2ccc(O)cc2)[nH]c(=O)c1C. The summed E-state index contributed by atoms with van der Waals surface area (Å²) in [5.74, 6) is 1.17. The van der Waals surface area contributed by atoms with E-state index in [4.69, 9.17) is 0 Å². The second-order valence-corrected chi connectivity index (χ2v) is 4.39. The Balaban J connectivity index is 2.42. The highest BCUT2D eigenvalue weighted by Gasteiger charge is 2.08. The van der Waals surface area contributed by atoms with Crippen LogP contribution in [-0.2, 0) is 0 Å². The topological polar surface area (TPSA) is 78.0 Å². The molecule has 20 heavy (non-hydrogen) atoms. The minimum absolute atomic E-state index is 0.174. The summed E-state index contributed by atoms with van der Waals surface area (Å²) >= 11 is 0. The Morgan fingerprint density at radius 2 is 2.05 bits per heavy atom. The molecule has 1 aromatic carbocycles. The average molecular weight is 271 g/mol. The van der Waals surface area contributed by atoms with Crippen molar-refractivity contribution in [1.82, 2.24) is 9.97 Å². The Hall–Kier alpha value is -2.56. The average Bonchev–Trinajstić information content (AvgIpc) is 2.44. The van der Waals surface area contributed by atoms with Crippen LogP contribution < -0.4 is 10.9 Å². The van der Waals surface area contributed by atoms with Crippen molar-refractivity contribution in [1.29, 1.82) is 0 Å². The molecule has 104 valence electrons. The summed E-state index contributed by atoms with van der Waals surface area (Å²) in [6, 6.07) is 6.52. The molecule has 2 aromatic rings. The zero-order valence-electron chi connectivity index (χ0n) is 11.5.